The molecule has 0 bridgehead atoms. The van der Waals surface area contributed by atoms with E-state index in [0.717, 1.165) is 18.9 Å². The number of aromatic amines is 1. The molecule has 3 aromatic rings. The summed E-state index contributed by atoms with van der Waals surface area (Å²) in [5, 5.41) is 0. The monoisotopic (exact) mass is 400 g/mol. The lowest BCUT2D eigenvalue weighted by molar-refractivity contribution is -0.139. The molecule has 3 rings (SSSR count). The van der Waals surface area contributed by atoms with Crippen LogP contribution in [-0.4, -0.2) is 25.1 Å². The molecule has 2 aromatic heterocycles. The van der Waals surface area contributed by atoms with Crippen LogP contribution >= 0.6 is 0 Å². The van der Waals surface area contributed by atoms with E-state index in [1.807, 2.05) is 6.92 Å². The van der Waals surface area contributed by atoms with E-state index in [-0.39, 0.29) is 23.3 Å². The number of nitrogens with one attached hydrogen (secondary N) is 1. The quantitative estimate of drug-likeness (QED) is 0.484. The topological polar surface area (TPSA) is 99.0 Å². The molecule has 0 aliphatic heterocycles. The first-order chi connectivity index (χ1) is 13.9. The zero-order chi connectivity index (χ0) is 21.0. The van der Waals surface area contributed by atoms with Gasteiger partial charge in [-0.15, -0.1) is 0 Å². The first kappa shape index (κ1) is 20.2. The molecule has 0 atom stereocenters. The van der Waals surface area contributed by atoms with Crippen LogP contribution in [0.25, 0.3) is 17.2 Å². The molecule has 0 aliphatic rings. The summed E-state index contributed by atoms with van der Waals surface area (Å²) >= 11 is 0. The lowest BCUT2D eigenvalue weighted by Gasteiger charge is -2.04. The molecule has 0 aliphatic carbocycles. The molecular weight excluding hydrogens is 379 g/mol. The van der Waals surface area contributed by atoms with Crippen molar-refractivity contribution in [2.24, 2.45) is 7.05 Å². The maximum absolute atomic E-state index is 13.6. The summed E-state index contributed by atoms with van der Waals surface area (Å²) in [5.41, 5.74) is -0.329. The number of hydrogen-bond acceptors (Lipinski definition) is 5. The number of imidazole rings is 1. The number of esters is 1. The van der Waals surface area contributed by atoms with Crippen LogP contribution in [0.15, 0.2) is 39.9 Å². The Morgan fingerprint density at radius 3 is 2.79 bits per heavy atom. The number of nitrogens with zero attached hydrogens (tertiary/aromatic N) is 3. The van der Waals surface area contributed by atoms with E-state index in [9.17, 15) is 18.8 Å². The van der Waals surface area contributed by atoms with Gasteiger partial charge in [0.05, 0.1) is 0 Å². The molecule has 8 nitrogen and oxygen atoms in total. The summed E-state index contributed by atoms with van der Waals surface area (Å²) in [4.78, 5) is 42.9. The largest absolute Gasteiger partial charge is 0.454 e. The van der Waals surface area contributed by atoms with Gasteiger partial charge in [0.25, 0.3) is 5.56 Å². The average molecular weight is 400 g/mol. The van der Waals surface area contributed by atoms with Crippen molar-refractivity contribution in [2.75, 3.05) is 0 Å². The zero-order valence-electron chi connectivity index (χ0n) is 16.1. The molecule has 0 amide bonds. The second kappa shape index (κ2) is 8.68. The molecule has 29 heavy (non-hydrogen) atoms. The molecule has 0 fully saturated rings. The number of unbranched alkanes of at least 4 members (excludes halogenated alkanes) is 1. The van der Waals surface area contributed by atoms with Gasteiger partial charge in [0.15, 0.2) is 11.2 Å². The third kappa shape index (κ3) is 4.34. The van der Waals surface area contributed by atoms with Crippen molar-refractivity contribution in [3.63, 3.8) is 0 Å². The van der Waals surface area contributed by atoms with E-state index in [1.54, 1.807) is 19.2 Å². The second-order valence-corrected chi connectivity index (χ2v) is 6.49. The van der Waals surface area contributed by atoms with E-state index in [1.165, 1.54) is 27.3 Å². The lowest BCUT2D eigenvalue weighted by Crippen LogP contribution is -2.31. The predicted molar refractivity (Wildman–Crippen MR) is 106 cm³/mol. The molecule has 0 saturated carbocycles. The van der Waals surface area contributed by atoms with E-state index in [4.69, 9.17) is 4.74 Å². The summed E-state index contributed by atoms with van der Waals surface area (Å²) in [6.45, 7) is 2.21. The molecule has 0 unspecified atom stereocenters. The maximum atomic E-state index is 13.6. The van der Waals surface area contributed by atoms with E-state index in [0.29, 0.717) is 12.4 Å². The zero-order valence-corrected chi connectivity index (χ0v) is 16.1. The fraction of sp³-hybridized carbons (Fsp3) is 0.300. The van der Waals surface area contributed by atoms with Gasteiger partial charge >= 0.3 is 11.7 Å². The van der Waals surface area contributed by atoms with Gasteiger partial charge in [0, 0.05) is 25.2 Å². The lowest BCUT2D eigenvalue weighted by atomic mass is 10.2. The van der Waals surface area contributed by atoms with E-state index in [2.05, 4.69) is 9.97 Å². The van der Waals surface area contributed by atoms with Gasteiger partial charge in [-0.2, -0.15) is 0 Å². The highest BCUT2D eigenvalue weighted by Crippen LogP contribution is 2.12. The number of rotatable bonds is 7. The maximum Gasteiger partial charge on any atom is 0.331 e. The molecule has 0 radical (unpaired) electrons. The summed E-state index contributed by atoms with van der Waals surface area (Å²) in [7, 11) is 1.61. The van der Waals surface area contributed by atoms with Crippen molar-refractivity contribution < 1.29 is 13.9 Å². The van der Waals surface area contributed by atoms with Crippen molar-refractivity contribution in [1.82, 2.24) is 19.1 Å². The first-order valence-corrected chi connectivity index (χ1v) is 9.20. The summed E-state index contributed by atoms with van der Waals surface area (Å²) < 4.78 is 21.6. The number of carbonyl (C=O) groups excluding carboxylic acids is 1. The van der Waals surface area contributed by atoms with Crippen LogP contribution < -0.4 is 11.2 Å². The number of fused-ring (bicyclic) bond motifs is 1. The highest BCUT2D eigenvalue weighted by Gasteiger charge is 2.17. The molecule has 1 aromatic carbocycles. The Hall–Kier alpha value is -3.49. The Morgan fingerprint density at radius 1 is 1.31 bits per heavy atom. The van der Waals surface area contributed by atoms with Gasteiger partial charge in [-0.05, 0) is 18.6 Å². The van der Waals surface area contributed by atoms with Gasteiger partial charge in [-0.25, -0.2) is 19.0 Å². The van der Waals surface area contributed by atoms with Gasteiger partial charge in [-0.3, -0.25) is 14.3 Å². The van der Waals surface area contributed by atoms with Crippen molar-refractivity contribution in [2.45, 2.75) is 32.9 Å². The molecule has 9 heteroatoms. The summed E-state index contributed by atoms with van der Waals surface area (Å²) in [6, 6.07) is 6.04. The number of benzene rings is 1. The molecular formula is C20H21FN4O4. The van der Waals surface area contributed by atoms with Gasteiger partial charge in [0.2, 0.25) is 0 Å². The summed E-state index contributed by atoms with van der Waals surface area (Å²) in [6.07, 6.45) is 4.06. The Balaban J connectivity index is 1.82. The Labute approximate surface area is 165 Å². The fourth-order valence-corrected chi connectivity index (χ4v) is 2.90. The number of hydrogen-bond donors (Lipinski definition) is 1. The number of ether oxygens (including phenoxy) is 1. The number of halogens is 1. The minimum absolute atomic E-state index is 0.201. The number of carbonyl (C=O) groups is 1. The average Bonchev–Trinajstić information content (AvgIpc) is 3.02. The van der Waals surface area contributed by atoms with Crippen LogP contribution in [0, 0.1) is 5.82 Å². The predicted octanol–water partition coefficient (Wildman–Crippen LogP) is 2.12. The smallest absolute Gasteiger partial charge is 0.331 e. The molecule has 2 heterocycles. The van der Waals surface area contributed by atoms with Crippen molar-refractivity contribution in [3.8, 4) is 0 Å². The Bertz CT molecular complexity index is 1190. The standard InChI is InChI=1S/C20H21FN4O4/c1-3-4-11-25-18-17(19(27)23-20(25)28)24(2)15(22-18)12-29-16(26)10-9-13-7-5-6-8-14(13)21/h5-10H,3-4,11-12H2,1-2H3,(H,23,27,28)/b10-9+. The first-order valence-electron chi connectivity index (χ1n) is 9.20. The SMILES string of the molecule is CCCCn1c(=O)[nH]c(=O)c2c1nc(COC(=O)/C=C/c1ccccc1F)n2C. The van der Waals surface area contributed by atoms with Crippen LogP contribution in [0.3, 0.4) is 0 Å². The molecule has 0 saturated heterocycles. The van der Waals surface area contributed by atoms with Crippen LogP contribution in [0.1, 0.15) is 31.2 Å². The molecule has 152 valence electrons. The highest BCUT2D eigenvalue weighted by atomic mass is 19.1. The van der Waals surface area contributed by atoms with Gasteiger partial charge < -0.3 is 9.30 Å². The summed E-state index contributed by atoms with van der Waals surface area (Å²) in [5.74, 6) is -0.817. The van der Waals surface area contributed by atoms with Crippen LogP contribution in [0.5, 0.6) is 0 Å². The number of aryl methyl sites for hydroxylation is 2. The van der Waals surface area contributed by atoms with E-state index >= 15 is 0 Å². The highest BCUT2D eigenvalue weighted by molar-refractivity contribution is 5.87. The van der Waals surface area contributed by atoms with Crippen molar-refractivity contribution in [3.05, 3.63) is 68.4 Å². The minimum Gasteiger partial charge on any atom is -0.454 e. The Kier molecular flexibility index (Phi) is 6.06. The number of H-pyrrole nitrogens is 1. The molecule has 1 N–H and O–H groups in total. The van der Waals surface area contributed by atoms with Crippen molar-refractivity contribution in [1.29, 1.82) is 0 Å². The normalized spacial score (nSPS) is 11.4. The Morgan fingerprint density at radius 2 is 2.07 bits per heavy atom. The van der Waals surface area contributed by atoms with Crippen LogP contribution in [0.2, 0.25) is 0 Å². The third-order valence-electron chi connectivity index (χ3n) is 4.49. The van der Waals surface area contributed by atoms with Crippen LogP contribution in [-0.2, 0) is 29.7 Å². The third-order valence-corrected chi connectivity index (χ3v) is 4.49. The van der Waals surface area contributed by atoms with Crippen LogP contribution in [0.4, 0.5) is 4.39 Å². The van der Waals surface area contributed by atoms with E-state index < -0.39 is 23.0 Å². The number of aromatic nitrogens is 4. The van der Waals surface area contributed by atoms with Crippen molar-refractivity contribution >= 4 is 23.2 Å². The van der Waals surface area contributed by atoms with Gasteiger partial charge in [-0.1, -0.05) is 31.5 Å². The second-order valence-electron chi connectivity index (χ2n) is 6.49. The minimum atomic E-state index is -0.683. The fourth-order valence-electron chi connectivity index (χ4n) is 2.90. The molecule has 0 spiro atoms. The van der Waals surface area contributed by atoms with Gasteiger partial charge in [0.1, 0.15) is 18.2 Å².